The predicted octanol–water partition coefficient (Wildman–Crippen LogP) is 5.51. The number of nitrogens with zero attached hydrogens (tertiary/aromatic N) is 1. The smallest absolute Gasteiger partial charge is 0.313 e. The van der Waals surface area contributed by atoms with Crippen molar-refractivity contribution in [1.29, 1.82) is 0 Å². The molecule has 4 rings (SSSR count). The highest BCUT2D eigenvalue weighted by Crippen LogP contribution is 2.42. The molecule has 0 aromatic heterocycles. The van der Waals surface area contributed by atoms with Crippen LogP contribution in [0.25, 0.3) is 0 Å². The lowest BCUT2D eigenvalue weighted by Crippen LogP contribution is -2.44. The van der Waals surface area contributed by atoms with Crippen LogP contribution in [-0.4, -0.2) is 45.8 Å². The van der Waals surface area contributed by atoms with Gasteiger partial charge in [0.15, 0.2) is 0 Å². The van der Waals surface area contributed by atoms with E-state index in [1.807, 2.05) is 60.7 Å². The lowest BCUT2D eigenvalue weighted by Gasteiger charge is -2.42. The molecule has 0 aliphatic carbocycles. The molecule has 37 heavy (non-hydrogen) atoms. The maximum atomic E-state index is 12.1. The summed E-state index contributed by atoms with van der Waals surface area (Å²) < 4.78 is 46.5. The van der Waals surface area contributed by atoms with Gasteiger partial charge in [-0.3, -0.25) is 4.79 Å². The topological polar surface area (TPSA) is 81.0 Å². The zero-order valence-corrected chi connectivity index (χ0v) is 20.9. The number of carbonyl (C=O) groups is 1. The van der Waals surface area contributed by atoms with E-state index in [1.165, 1.54) is 24.3 Å². The Hall–Kier alpha value is -2.99. The van der Waals surface area contributed by atoms with Crippen LogP contribution in [0.15, 0.2) is 84.9 Å². The highest BCUT2D eigenvalue weighted by atomic mass is 16.4. The summed E-state index contributed by atoms with van der Waals surface area (Å²) in [5, 5.41) is 32.6. The molecule has 1 unspecified atom stereocenters. The van der Waals surface area contributed by atoms with Crippen LogP contribution in [0.1, 0.15) is 76.0 Å². The van der Waals surface area contributed by atoms with Crippen LogP contribution in [0.4, 0.5) is 0 Å². The molecule has 3 N–H and O–H groups in total. The highest BCUT2D eigenvalue weighted by molar-refractivity contribution is 5.80. The van der Waals surface area contributed by atoms with Gasteiger partial charge < -0.3 is 20.2 Å². The number of hydrogen-bond donors (Lipinski definition) is 3. The minimum Gasteiger partial charge on any atom is -0.481 e. The zero-order valence-electron chi connectivity index (χ0n) is 26.9. The SMILES string of the molecule is [2H]C([2H])([2H])C(C(=O)O)(c1ccc(C(O)CCCN2CCC(C(O)(c3ccccc3)c3ccccc3)CC2)cc1)C([2H])([2H])[2H]. The summed E-state index contributed by atoms with van der Waals surface area (Å²) in [6.45, 7) is -4.29. The molecule has 1 aliphatic heterocycles. The van der Waals surface area contributed by atoms with Crippen LogP contribution < -0.4 is 0 Å². The van der Waals surface area contributed by atoms with Gasteiger partial charge in [-0.1, -0.05) is 84.9 Å². The summed E-state index contributed by atoms with van der Waals surface area (Å²) in [5.74, 6) is -1.91. The van der Waals surface area contributed by atoms with Gasteiger partial charge in [-0.25, -0.2) is 0 Å². The number of aliphatic hydroxyl groups is 2. The van der Waals surface area contributed by atoms with Crippen LogP contribution in [0, 0.1) is 5.92 Å². The van der Waals surface area contributed by atoms with Crippen molar-refractivity contribution in [3.05, 3.63) is 107 Å². The normalized spacial score (nSPS) is 19.5. The molecule has 1 atom stereocenters. The highest BCUT2D eigenvalue weighted by Gasteiger charge is 2.41. The molecule has 5 nitrogen and oxygen atoms in total. The van der Waals surface area contributed by atoms with Crippen molar-refractivity contribution in [2.24, 2.45) is 5.92 Å². The third-order valence-electron chi connectivity index (χ3n) is 7.61. The lowest BCUT2D eigenvalue weighted by molar-refractivity contribution is -0.142. The van der Waals surface area contributed by atoms with Gasteiger partial charge in [0.2, 0.25) is 0 Å². The van der Waals surface area contributed by atoms with E-state index in [0.29, 0.717) is 18.4 Å². The first-order chi connectivity index (χ1) is 20.2. The molecule has 3 aromatic carbocycles. The first kappa shape index (κ1) is 20.0. The van der Waals surface area contributed by atoms with Gasteiger partial charge in [0.25, 0.3) is 0 Å². The Balaban J connectivity index is 1.36. The maximum absolute atomic E-state index is 12.1. The van der Waals surface area contributed by atoms with Crippen LogP contribution in [0.2, 0.25) is 0 Å². The van der Waals surface area contributed by atoms with Gasteiger partial charge in [-0.05, 0) is 87.2 Å². The monoisotopic (exact) mass is 507 g/mol. The molecule has 0 radical (unpaired) electrons. The summed E-state index contributed by atoms with van der Waals surface area (Å²) in [6.07, 6.45) is 1.83. The average molecular weight is 508 g/mol. The van der Waals surface area contributed by atoms with Crippen LogP contribution in [-0.2, 0) is 15.8 Å². The summed E-state index contributed by atoms with van der Waals surface area (Å²) >= 11 is 0. The molecule has 0 bridgehead atoms. The largest absolute Gasteiger partial charge is 0.481 e. The van der Waals surface area contributed by atoms with Crippen molar-refractivity contribution < 1.29 is 28.3 Å². The number of aliphatic hydroxyl groups excluding tert-OH is 1. The number of hydrogen-bond acceptors (Lipinski definition) is 4. The number of benzene rings is 3. The van der Waals surface area contributed by atoms with E-state index >= 15 is 0 Å². The molecule has 0 amide bonds. The maximum Gasteiger partial charge on any atom is 0.313 e. The Morgan fingerprint density at radius 1 is 0.919 bits per heavy atom. The third kappa shape index (κ3) is 5.96. The van der Waals surface area contributed by atoms with Gasteiger partial charge in [-0.15, -0.1) is 0 Å². The molecule has 1 fully saturated rings. The Kier molecular flexibility index (Phi) is 6.28. The van der Waals surface area contributed by atoms with E-state index in [-0.39, 0.29) is 11.5 Å². The van der Waals surface area contributed by atoms with Gasteiger partial charge >= 0.3 is 5.97 Å². The number of aliphatic carboxylic acids is 1. The Labute approximate surface area is 228 Å². The number of likely N-dealkylation sites (tertiary alicyclic amines) is 1. The Morgan fingerprint density at radius 2 is 1.46 bits per heavy atom. The van der Waals surface area contributed by atoms with Gasteiger partial charge in [0.05, 0.1) is 11.5 Å². The molecule has 1 saturated heterocycles. The fourth-order valence-electron chi connectivity index (χ4n) is 5.35. The predicted molar refractivity (Wildman–Crippen MR) is 146 cm³/mol. The van der Waals surface area contributed by atoms with Crippen molar-refractivity contribution >= 4 is 5.97 Å². The molecule has 0 saturated carbocycles. The second-order valence-electron chi connectivity index (χ2n) is 9.95. The van der Waals surface area contributed by atoms with Gasteiger partial charge in [0.1, 0.15) is 5.60 Å². The van der Waals surface area contributed by atoms with Crippen molar-refractivity contribution in [3.63, 3.8) is 0 Å². The molecule has 0 spiro atoms. The lowest BCUT2D eigenvalue weighted by atomic mass is 9.72. The fraction of sp³-hybridized carbons (Fsp3) is 0.406. The zero-order chi connectivity index (χ0) is 31.5. The molecule has 3 aromatic rings. The summed E-state index contributed by atoms with van der Waals surface area (Å²) in [6, 6.07) is 24.7. The van der Waals surface area contributed by atoms with Crippen molar-refractivity contribution in [2.75, 3.05) is 19.6 Å². The number of carboxylic acid groups (broad SMARTS) is 1. The standard InChI is InChI=1S/C32H39NO4/c1-31(2,30(35)36)25-17-15-24(16-18-25)29(34)14-9-21-33-22-19-28(20-23-33)32(37,26-10-5-3-6-11-26)27-12-7-4-8-13-27/h3-8,10-13,15-18,28-29,34,37H,9,14,19-23H2,1-2H3,(H,35,36)/i1D3,2D3. The fourth-order valence-corrected chi connectivity index (χ4v) is 5.35. The molecule has 1 aliphatic rings. The third-order valence-corrected chi connectivity index (χ3v) is 7.61. The second-order valence-corrected chi connectivity index (χ2v) is 9.95. The quantitative estimate of drug-likeness (QED) is 0.337. The minimum atomic E-state index is -3.32. The number of piperidine rings is 1. The van der Waals surface area contributed by atoms with E-state index in [1.54, 1.807) is 0 Å². The van der Waals surface area contributed by atoms with E-state index < -0.39 is 36.8 Å². The number of carboxylic acids is 1. The van der Waals surface area contributed by atoms with Gasteiger partial charge in [0, 0.05) is 8.22 Å². The van der Waals surface area contributed by atoms with Crippen molar-refractivity contribution in [1.82, 2.24) is 4.90 Å². The first-order valence-corrected chi connectivity index (χ1v) is 12.8. The molecule has 196 valence electrons. The summed E-state index contributed by atoms with van der Waals surface area (Å²) in [7, 11) is 0. The molecular weight excluding hydrogens is 462 g/mol. The van der Waals surface area contributed by atoms with E-state index in [9.17, 15) is 20.1 Å². The van der Waals surface area contributed by atoms with Crippen LogP contribution in [0.3, 0.4) is 0 Å². The van der Waals surface area contributed by atoms with Crippen molar-refractivity contribution in [2.45, 2.75) is 56.5 Å². The Bertz CT molecular complexity index is 1280. The second kappa shape index (κ2) is 11.6. The summed E-state index contributed by atoms with van der Waals surface area (Å²) in [4.78, 5) is 14.4. The summed E-state index contributed by atoms with van der Waals surface area (Å²) in [5.41, 5.74) is -2.31. The molecular formula is C32H39NO4. The van der Waals surface area contributed by atoms with E-state index in [4.69, 9.17) is 8.22 Å². The minimum absolute atomic E-state index is 0.0420. The van der Waals surface area contributed by atoms with E-state index in [2.05, 4.69) is 4.90 Å². The van der Waals surface area contributed by atoms with Crippen LogP contribution >= 0.6 is 0 Å². The van der Waals surface area contributed by atoms with Gasteiger partial charge in [-0.2, -0.15) is 0 Å². The number of rotatable bonds is 10. The molecule has 5 heteroatoms. The molecule has 1 heterocycles. The van der Waals surface area contributed by atoms with Crippen molar-refractivity contribution in [3.8, 4) is 0 Å². The van der Waals surface area contributed by atoms with Crippen LogP contribution in [0.5, 0.6) is 0 Å². The van der Waals surface area contributed by atoms with E-state index in [0.717, 1.165) is 43.6 Å². The first-order valence-electron chi connectivity index (χ1n) is 15.8. The Morgan fingerprint density at radius 3 is 1.95 bits per heavy atom. The average Bonchev–Trinajstić information content (AvgIpc) is 2.97.